The van der Waals surface area contributed by atoms with E-state index < -0.39 is 17.7 Å². The van der Waals surface area contributed by atoms with Crippen molar-refractivity contribution in [3.8, 4) is 10.6 Å². The molecule has 1 aliphatic heterocycles. The summed E-state index contributed by atoms with van der Waals surface area (Å²) in [7, 11) is 0. The Hall–Kier alpha value is -1.86. The second-order valence-corrected chi connectivity index (χ2v) is 5.88. The zero-order chi connectivity index (χ0) is 15.0. The van der Waals surface area contributed by atoms with Gasteiger partial charge < -0.3 is 10.0 Å². The standard InChI is InChI=1S/C14H12F2N2O2S/c15-10-2-1-8(5-11(10)16)13-17-6-12(21-13)14(20)18-4-3-9(19)7-18/h1-2,5-6,9,19H,3-4,7H2/t9-/m1/s1. The first-order valence-electron chi connectivity index (χ1n) is 6.43. The van der Waals surface area contributed by atoms with Crippen LogP contribution in [-0.4, -0.2) is 40.1 Å². The number of nitrogens with zero attached hydrogens (tertiary/aromatic N) is 2. The number of carbonyl (C=O) groups excluding carboxylic acids is 1. The molecule has 21 heavy (non-hydrogen) atoms. The minimum absolute atomic E-state index is 0.196. The van der Waals surface area contributed by atoms with E-state index in [1.54, 1.807) is 4.90 Å². The molecule has 1 fully saturated rings. The lowest BCUT2D eigenvalue weighted by molar-refractivity contribution is 0.0769. The van der Waals surface area contributed by atoms with Crippen molar-refractivity contribution < 1.29 is 18.7 Å². The molecule has 4 nitrogen and oxygen atoms in total. The van der Waals surface area contributed by atoms with Gasteiger partial charge in [-0.2, -0.15) is 0 Å². The second kappa shape index (κ2) is 5.50. The molecule has 7 heteroatoms. The average Bonchev–Trinajstić information content (AvgIpc) is 3.10. The minimum atomic E-state index is -0.946. The van der Waals surface area contributed by atoms with Crippen molar-refractivity contribution in [2.24, 2.45) is 0 Å². The fraction of sp³-hybridized carbons (Fsp3) is 0.286. The number of benzene rings is 1. The normalized spacial score (nSPS) is 18.2. The summed E-state index contributed by atoms with van der Waals surface area (Å²) in [5.74, 6) is -2.06. The van der Waals surface area contributed by atoms with E-state index >= 15 is 0 Å². The molecule has 3 rings (SSSR count). The third-order valence-corrected chi connectivity index (χ3v) is 4.37. The van der Waals surface area contributed by atoms with Crippen LogP contribution in [-0.2, 0) is 0 Å². The molecular weight excluding hydrogens is 298 g/mol. The zero-order valence-electron chi connectivity index (χ0n) is 10.9. The molecule has 1 aliphatic rings. The smallest absolute Gasteiger partial charge is 0.265 e. The third kappa shape index (κ3) is 2.79. The number of carbonyl (C=O) groups is 1. The van der Waals surface area contributed by atoms with E-state index in [9.17, 15) is 18.7 Å². The van der Waals surface area contributed by atoms with Gasteiger partial charge in [0.05, 0.1) is 12.3 Å². The first-order valence-corrected chi connectivity index (χ1v) is 7.25. The topological polar surface area (TPSA) is 53.4 Å². The number of thiazole rings is 1. The lowest BCUT2D eigenvalue weighted by Crippen LogP contribution is -2.28. The minimum Gasteiger partial charge on any atom is -0.391 e. The molecule has 0 bridgehead atoms. The molecule has 0 radical (unpaired) electrons. The molecule has 1 saturated heterocycles. The van der Waals surface area contributed by atoms with Crippen LogP contribution in [0.3, 0.4) is 0 Å². The number of likely N-dealkylation sites (tertiary alicyclic amines) is 1. The van der Waals surface area contributed by atoms with Crippen LogP contribution in [0.1, 0.15) is 16.1 Å². The SMILES string of the molecule is O=C(c1cnc(-c2ccc(F)c(F)c2)s1)N1CC[C@@H](O)C1. The van der Waals surface area contributed by atoms with Crippen molar-refractivity contribution in [2.45, 2.75) is 12.5 Å². The lowest BCUT2D eigenvalue weighted by atomic mass is 10.2. The van der Waals surface area contributed by atoms with E-state index in [1.165, 1.54) is 12.3 Å². The number of aromatic nitrogens is 1. The maximum absolute atomic E-state index is 13.2. The van der Waals surface area contributed by atoms with Gasteiger partial charge in [0.15, 0.2) is 11.6 Å². The predicted molar refractivity (Wildman–Crippen MR) is 74.0 cm³/mol. The first kappa shape index (κ1) is 14.1. The molecule has 0 unspecified atom stereocenters. The van der Waals surface area contributed by atoms with Gasteiger partial charge in [0.1, 0.15) is 9.88 Å². The highest BCUT2D eigenvalue weighted by atomic mass is 32.1. The van der Waals surface area contributed by atoms with Gasteiger partial charge in [0.2, 0.25) is 0 Å². The van der Waals surface area contributed by atoms with Gasteiger partial charge in [-0.1, -0.05) is 0 Å². The highest BCUT2D eigenvalue weighted by Gasteiger charge is 2.26. The number of halogens is 2. The van der Waals surface area contributed by atoms with Gasteiger partial charge in [-0.05, 0) is 24.6 Å². The number of aliphatic hydroxyl groups excluding tert-OH is 1. The van der Waals surface area contributed by atoms with E-state index in [2.05, 4.69) is 4.98 Å². The predicted octanol–water partition coefficient (Wildman–Crippen LogP) is 2.30. The van der Waals surface area contributed by atoms with Crippen LogP contribution < -0.4 is 0 Å². The highest BCUT2D eigenvalue weighted by Crippen LogP contribution is 2.27. The molecule has 1 aromatic heterocycles. The van der Waals surface area contributed by atoms with Crippen LogP contribution in [0, 0.1) is 11.6 Å². The van der Waals surface area contributed by atoms with Crippen LogP contribution in [0.25, 0.3) is 10.6 Å². The van der Waals surface area contributed by atoms with Crippen LogP contribution in [0.5, 0.6) is 0 Å². The summed E-state index contributed by atoms with van der Waals surface area (Å²) >= 11 is 1.12. The van der Waals surface area contributed by atoms with Gasteiger partial charge in [0, 0.05) is 18.7 Å². The zero-order valence-corrected chi connectivity index (χ0v) is 11.7. The van der Waals surface area contributed by atoms with Crippen LogP contribution in [0.15, 0.2) is 24.4 Å². The van der Waals surface area contributed by atoms with Crippen molar-refractivity contribution >= 4 is 17.2 Å². The van der Waals surface area contributed by atoms with Crippen LogP contribution >= 0.6 is 11.3 Å². The monoisotopic (exact) mass is 310 g/mol. The summed E-state index contributed by atoms with van der Waals surface area (Å²) in [6.45, 7) is 0.829. The quantitative estimate of drug-likeness (QED) is 0.926. The van der Waals surface area contributed by atoms with Gasteiger partial charge >= 0.3 is 0 Å². The van der Waals surface area contributed by atoms with Gasteiger partial charge in [-0.3, -0.25) is 4.79 Å². The molecule has 1 atom stereocenters. The first-order chi connectivity index (χ1) is 10.0. The van der Waals surface area contributed by atoms with E-state index in [0.29, 0.717) is 35.0 Å². The number of rotatable bonds is 2. The van der Waals surface area contributed by atoms with Gasteiger partial charge in [0.25, 0.3) is 5.91 Å². The van der Waals surface area contributed by atoms with Crippen molar-refractivity contribution in [2.75, 3.05) is 13.1 Å². The van der Waals surface area contributed by atoms with Crippen LogP contribution in [0.4, 0.5) is 8.78 Å². The highest BCUT2D eigenvalue weighted by molar-refractivity contribution is 7.16. The largest absolute Gasteiger partial charge is 0.391 e. The summed E-state index contributed by atoms with van der Waals surface area (Å²) in [4.78, 5) is 18.3. The number of hydrogen-bond donors (Lipinski definition) is 1. The maximum Gasteiger partial charge on any atom is 0.265 e. The van der Waals surface area contributed by atoms with E-state index in [1.807, 2.05) is 0 Å². The molecule has 1 N–H and O–H groups in total. The molecule has 110 valence electrons. The number of amides is 1. The fourth-order valence-corrected chi connectivity index (χ4v) is 3.10. The molecule has 0 spiro atoms. The second-order valence-electron chi connectivity index (χ2n) is 4.85. The molecule has 1 aromatic carbocycles. The van der Waals surface area contributed by atoms with Gasteiger partial charge in [-0.15, -0.1) is 11.3 Å². The summed E-state index contributed by atoms with van der Waals surface area (Å²) < 4.78 is 26.1. The van der Waals surface area contributed by atoms with Crippen molar-refractivity contribution in [1.82, 2.24) is 9.88 Å². The summed E-state index contributed by atoms with van der Waals surface area (Å²) in [6, 6.07) is 3.51. The van der Waals surface area contributed by atoms with Crippen molar-refractivity contribution in [3.05, 3.63) is 40.9 Å². The third-order valence-electron chi connectivity index (χ3n) is 3.33. The Morgan fingerprint density at radius 2 is 2.19 bits per heavy atom. The Balaban J connectivity index is 1.82. The Labute approximate surface area is 123 Å². The van der Waals surface area contributed by atoms with Crippen molar-refractivity contribution in [1.29, 1.82) is 0 Å². The molecule has 2 aromatic rings. The van der Waals surface area contributed by atoms with Gasteiger partial charge in [-0.25, -0.2) is 13.8 Å². The van der Waals surface area contributed by atoms with Crippen molar-refractivity contribution in [3.63, 3.8) is 0 Å². The molecule has 1 amide bonds. The van der Waals surface area contributed by atoms with E-state index in [-0.39, 0.29) is 5.91 Å². The summed E-state index contributed by atoms with van der Waals surface area (Å²) in [6.07, 6.45) is 1.52. The van der Waals surface area contributed by atoms with E-state index in [0.717, 1.165) is 23.5 Å². The van der Waals surface area contributed by atoms with E-state index in [4.69, 9.17) is 0 Å². The Kier molecular flexibility index (Phi) is 3.69. The molecule has 0 saturated carbocycles. The molecular formula is C14H12F2N2O2S. The maximum atomic E-state index is 13.2. The number of hydrogen-bond acceptors (Lipinski definition) is 4. The van der Waals surface area contributed by atoms with Crippen LogP contribution in [0.2, 0.25) is 0 Å². The summed E-state index contributed by atoms with van der Waals surface area (Å²) in [5.41, 5.74) is 0.430. The Bertz CT molecular complexity index is 689. The average molecular weight is 310 g/mol. The lowest BCUT2D eigenvalue weighted by Gasteiger charge is -2.13. The summed E-state index contributed by atoms with van der Waals surface area (Å²) in [5, 5.41) is 9.91. The number of aliphatic hydroxyl groups is 1. The molecule has 2 heterocycles. The Morgan fingerprint density at radius 1 is 1.38 bits per heavy atom. The number of β-amino-alcohol motifs (C(OH)–C–C–N with tert-alkyl or cyclic N) is 1. The molecule has 0 aliphatic carbocycles. The fourth-order valence-electron chi connectivity index (χ4n) is 2.22. The Morgan fingerprint density at radius 3 is 2.86 bits per heavy atom.